The average Bonchev–Trinajstić information content (AvgIpc) is 3.26. The number of hydrogen-bond acceptors (Lipinski definition) is 7. The number of ether oxygens (including phenoxy) is 2. The van der Waals surface area contributed by atoms with Crippen LogP contribution < -0.4 is 14.5 Å². The number of nitrogens with zero attached hydrogens (tertiary/aromatic N) is 7. The molecule has 3 aliphatic rings. The summed E-state index contributed by atoms with van der Waals surface area (Å²) in [6.07, 6.45) is 0.761. The van der Waals surface area contributed by atoms with E-state index in [9.17, 15) is 18.0 Å². The van der Waals surface area contributed by atoms with Gasteiger partial charge < -0.3 is 19.3 Å². The molecular weight excluding hydrogens is 479 g/mol. The molecule has 36 heavy (non-hydrogen) atoms. The number of anilines is 2. The SMILES string of the molecule is [N-]=[N+]=Nc1nc(O[C@H]2COC[C@H]2F)cc(N2CCC3(CCCC(=O)N3c3ccc(F)c(F)c3)CC2)n1. The van der Waals surface area contributed by atoms with Crippen molar-refractivity contribution in [3.05, 3.63) is 46.3 Å². The summed E-state index contributed by atoms with van der Waals surface area (Å²) < 4.78 is 52.2. The van der Waals surface area contributed by atoms with Gasteiger partial charge in [-0.3, -0.25) is 4.79 Å². The van der Waals surface area contributed by atoms with Gasteiger partial charge in [0.25, 0.3) is 0 Å². The predicted octanol–water partition coefficient (Wildman–Crippen LogP) is 4.37. The number of carbonyl (C=O) groups is 1. The molecule has 3 aliphatic heterocycles. The summed E-state index contributed by atoms with van der Waals surface area (Å²) >= 11 is 0. The number of rotatable bonds is 5. The van der Waals surface area contributed by atoms with Crippen LogP contribution >= 0.6 is 0 Å². The minimum atomic E-state index is -1.30. The Morgan fingerprint density at radius 3 is 2.64 bits per heavy atom. The van der Waals surface area contributed by atoms with Crippen LogP contribution in [0.4, 0.5) is 30.6 Å². The maximum absolute atomic E-state index is 14.0. The minimum absolute atomic E-state index is 0.0623. The molecule has 3 saturated heterocycles. The van der Waals surface area contributed by atoms with Crippen LogP contribution in [0.2, 0.25) is 0 Å². The Balaban J connectivity index is 1.38. The van der Waals surface area contributed by atoms with Crippen molar-refractivity contribution in [2.75, 3.05) is 36.1 Å². The topological polar surface area (TPSA) is 117 Å². The Bertz CT molecular complexity index is 1200. The van der Waals surface area contributed by atoms with Crippen LogP contribution in [0.5, 0.6) is 5.88 Å². The van der Waals surface area contributed by atoms with Crippen molar-refractivity contribution in [3.8, 4) is 5.88 Å². The highest BCUT2D eigenvalue weighted by atomic mass is 19.2. The van der Waals surface area contributed by atoms with Gasteiger partial charge in [0, 0.05) is 42.2 Å². The highest BCUT2D eigenvalue weighted by Crippen LogP contribution is 2.42. The molecule has 0 bridgehead atoms. The molecule has 0 N–H and O–H groups in total. The molecule has 2 aromatic rings. The summed E-state index contributed by atoms with van der Waals surface area (Å²) in [6, 6.07) is 5.09. The van der Waals surface area contributed by atoms with Crippen molar-refractivity contribution in [2.24, 2.45) is 5.11 Å². The molecular formula is C23H24F3N7O3. The molecule has 2 atom stereocenters. The Morgan fingerprint density at radius 1 is 1.14 bits per heavy atom. The first-order chi connectivity index (χ1) is 17.4. The fourth-order valence-electron chi connectivity index (χ4n) is 5.20. The van der Waals surface area contributed by atoms with E-state index in [0.717, 1.165) is 18.6 Å². The van der Waals surface area contributed by atoms with Gasteiger partial charge in [-0.25, -0.2) is 18.2 Å². The largest absolute Gasteiger partial charge is 0.469 e. The van der Waals surface area contributed by atoms with Crippen molar-refractivity contribution in [1.29, 1.82) is 0 Å². The van der Waals surface area contributed by atoms with Crippen LogP contribution in [-0.4, -0.2) is 60.0 Å². The van der Waals surface area contributed by atoms with E-state index in [2.05, 4.69) is 20.0 Å². The van der Waals surface area contributed by atoms with E-state index in [1.807, 2.05) is 4.90 Å². The molecule has 1 spiro atoms. The lowest BCUT2D eigenvalue weighted by Gasteiger charge is -2.51. The first kappa shape index (κ1) is 24.1. The second-order valence-electron chi connectivity index (χ2n) is 9.16. The molecule has 3 fully saturated rings. The minimum Gasteiger partial charge on any atom is -0.469 e. The monoisotopic (exact) mass is 503 g/mol. The van der Waals surface area contributed by atoms with Crippen LogP contribution in [-0.2, 0) is 9.53 Å². The Hall–Kier alpha value is -3.57. The molecule has 0 radical (unpaired) electrons. The first-order valence-corrected chi connectivity index (χ1v) is 11.7. The third-order valence-electron chi connectivity index (χ3n) is 6.98. The zero-order chi connectivity index (χ0) is 25.3. The van der Waals surface area contributed by atoms with Gasteiger partial charge in [0.2, 0.25) is 17.7 Å². The smallest absolute Gasteiger partial charge is 0.227 e. The zero-order valence-corrected chi connectivity index (χ0v) is 19.3. The lowest BCUT2D eigenvalue weighted by molar-refractivity contribution is -0.121. The number of amides is 1. The molecule has 1 aromatic carbocycles. The summed E-state index contributed by atoms with van der Waals surface area (Å²) in [5.74, 6) is -1.74. The molecule has 5 rings (SSSR count). The summed E-state index contributed by atoms with van der Waals surface area (Å²) in [7, 11) is 0. The number of halogens is 3. The summed E-state index contributed by atoms with van der Waals surface area (Å²) in [6.45, 7) is 0.987. The van der Waals surface area contributed by atoms with Gasteiger partial charge in [0.1, 0.15) is 5.82 Å². The van der Waals surface area contributed by atoms with Crippen LogP contribution in [0.1, 0.15) is 32.1 Å². The Labute approximate surface area is 204 Å². The summed E-state index contributed by atoms with van der Waals surface area (Å²) in [5, 5.41) is 3.48. The number of aromatic nitrogens is 2. The fraction of sp³-hybridized carbons (Fsp3) is 0.522. The zero-order valence-electron chi connectivity index (χ0n) is 19.3. The van der Waals surface area contributed by atoms with Gasteiger partial charge in [-0.05, 0) is 48.5 Å². The van der Waals surface area contributed by atoms with Gasteiger partial charge in [0.15, 0.2) is 23.9 Å². The van der Waals surface area contributed by atoms with E-state index in [-0.39, 0.29) is 30.9 Å². The van der Waals surface area contributed by atoms with Gasteiger partial charge >= 0.3 is 0 Å². The number of benzene rings is 1. The summed E-state index contributed by atoms with van der Waals surface area (Å²) in [5.41, 5.74) is 8.66. The van der Waals surface area contributed by atoms with E-state index < -0.39 is 29.4 Å². The predicted molar refractivity (Wildman–Crippen MR) is 123 cm³/mol. The van der Waals surface area contributed by atoms with Crippen LogP contribution in [0.25, 0.3) is 10.4 Å². The van der Waals surface area contributed by atoms with E-state index in [0.29, 0.717) is 50.3 Å². The maximum Gasteiger partial charge on any atom is 0.227 e. The molecule has 13 heteroatoms. The molecule has 4 heterocycles. The Kier molecular flexibility index (Phi) is 6.59. The Morgan fingerprint density at radius 2 is 1.94 bits per heavy atom. The lowest BCUT2D eigenvalue weighted by Crippen LogP contribution is -2.60. The molecule has 0 unspecified atom stereocenters. The van der Waals surface area contributed by atoms with Crippen molar-refractivity contribution in [3.63, 3.8) is 0 Å². The lowest BCUT2D eigenvalue weighted by atomic mass is 9.78. The van der Waals surface area contributed by atoms with Crippen molar-refractivity contribution < 1.29 is 27.4 Å². The van der Waals surface area contributed by atoms with Gasteiger partial charge in [0.05, 0.1) is 18.8 Å². The molecule has 0 aliphatic carbocycles. The van der Waals surface area contributed by atoms with E-state index in [1.54, 1.807) is 11.0 Å². The molecule has 0 saturated carbocycles. The third kappa shape index (κ3) is 4.63. The van der Waals surface area contributed by atoms with E-state index in [4.69, 9.17) is 15.0 Å². The van der Waals surface area contributed by atoms with Crippen molar-refractivity contribution >= 4 is 23.4 Å². The second-order valence-corrected chi connectivity index (χ2v) is 9.16. The standard InChI is InChI=1S/C23H24F3N7O3/c24-15-4-3-14(10-16(15)25)33-21(34)2-1-5-23(33)6-8-32(9-7-23)19-11-20(29-22(28-19)30-31-27)36-18-13-35-12-17(18)26/h3-4,10-11,17-18H,1-2,5-9,12-13H2/t17-,18+/m1/s1. The van der Waals surface area contributed by atoms with Crippen molar-refractivity contribution in [1.82, 2.24) is 9.97 Å². The van der Waals surface area contributed by atoms with E-state index >= 15 is 0 Å². The highest BCUT2D eigenvalue weighted by Gasteiger charge is 2.45. The average molecular weight is 503 g/mol. The first-order valence-electron chi connectivity index (χ1n) is 11.7. The van der Waals surface area contributed by atoms with Gasteiger partial charge in [-0.2, -0.15) is 4.98 Å². The van der Waals surface area contributed by atoms with Crippen LogP contribution in [0.3, 0.4) is 0 Å². The fourth-order valence-corrected chi connectivity index (χ4v) is 5.20. The normalized spacial score (nSPS) is 23.6. The number of hydrogen-bond donors (Lipinski definition) is 0. The van der Waals surface area contributed by atoms with E-state index in [1.165, 1.54) is 6.07 Å². The van der Waals surface area contributed by atoms with Crippen molar-refractivity contribution in [2.45, 2.75) is 49.9 Å². The number of carbonyl (C=O) groups excluding carboxylic acids is 1. The van der Waals surface area contributed by atoms with Gasteiger partial charge in [-0.15, -0.1) is 0 Å². The summed E-state index contributed by atoms with van der Waals surface area (Å²) in [4.78, 5) is 27.6. The van der Waals surface area contributed by atoms with Crippen LogP contribution in [0.15, 0.2) is 29.4 Å². The number of piperidine rings is 2. The van der Waals surface area contributed by atoms with Gasteiger partial charge in [-0.1, -0.05) is 0 Å². The maximum atomic E-state index is 14.0. The van der Waals surface area contributed by atoms with Crippen LogP contribution in [0, 0.1) is 11.6 Å². The molecule has 10 nitrogen and oxygen atoms in total. The number of azide groups is 1. The molecule has 190 valence electrons. The second kappa shape index (κ2) is 9.82. The third-order valence-corrected chi connectivity index (χ3v) is 6.98. The quantitative estimate of drug-likeness (QED) is 0.340. The number of alkyl halides is 1. The molecule has 1 amide bonds. The highest BCUT2D eigenvalue weighted by molar-refractivity contribution is 5.95. The molecule has 1 aromatic heterocycles.